The lowest BCUT2D eigenvalue weighted by Gasteiger charge is -2.28. The summed E-state index contributed by atoms with van der Waals surface area (Å²) in [5.41, 5.74) is -0.597. The zero-order valence-corrected chi connectivity index (χ0v) is 23.4. The second-order valence-electron chi connectivity index (χ2n) is 9.79. The highest BCUT2D eigenvalue weighted by atomic mass is 32.2. The molecule has 3 atom stereocenters. The molecule has 1 heterocycles. The lowest BCUT2D eigenvalue weighted by Crippen LogP contribution is -2.41. The fraction of sp³-hybridized carbons (Fsp3) is 0.731. The molecule has 212 valence electrons. The number of rotatable bonds is 18. The van der Waals surface area contributed by atoms with Gasteiger partial charge in [-0.2, -0.15) is 8.42 Å². The van der Waals surface area contributed by atoms with Crippen LogP contribution in [0.2, 0.25) is 0 Å². The molecular weight excluding hydrogens is 504 g/mol. The number of carbonyl (C=O) groups is 1. The molecule has 0 radical (unpaired) electrons. The number of aryl methyl sites for hydroxylation is 1. The highest BCUT2D eigenvalue weighted by Gasteiger charge is 2.41. The van der Waals surface area contributed by atoms with E-state index in [4.69, 9.17) is 27.9 Å². The Morgan fingerprint density at radius 1 is 1.19 bits per heavy atom. The third-order valence-corrected chi connectivity index (χ3v) is 7.65. The molecule has 1 fully saturated rings. The van der Waals surface area contributed by atoms with E-state index in [-0.39, 0.29) is 62.3 Å². The molecule has 10 nitrogen and oxygen atoms in total. The summed E-state index contributed by atoms with van der Waals surface area (Å²) >= 11 is 0. The standard InChI is InChI=1S/C26H42O10S/c1-20-8-10-23(11-9-20)37(29,30)36-18-26(34-15-16-35-26)14-12-24(27)25(4,28)13-6-7-21(2)17-32-19-33-22(3)31-5/h8-11,21-22,28H,6-7,12-19H2,1-5H3. The molecular formula is C26H42O10S. The average molecular weight is 547 g/mol. The van der Waals surface area contributed by atoms with Crippen LogP contribution in [-0.2, 0) is 42.8 Å². The number of carbonyl (C=O) groups excluding carboxylic acids is 1. The van der Waals surface area contributed by atoms with Crippen LogP contribution in [0.1, 0.15) is 58.4 Å². The van der Waals surface area contributed by atoms with Gasteiger partial charge < -0.3 is 28.8 Å². The molecule has 2 rings (SSSR count). The monoisotopic (exact) mass is 546 g/mol. The van der Waals surface area contributed by atoms with Crippen LogP contribution in [0.5, 0.6) is 0 Å². The number of methoxy groups -OCH3 is 1. The molecule has 37 heavy (non-hydrogen) atoms. The van der Waals surface area contributed by atoms with Gasteiger partial charge in [0.2, 0.25) is 0 Å². The Morgan fingerprint density at radius 3 is 2.46 bits per heavy atom. The summed E-state index contributed by atoms with van der Waals surface area (Å²) < 4.78 is 57.4. The molecule has 1 aliphatic rings. The molecule has 1 saturated heterocycles. The minimum Gasteiger partial charge on any atom is -0.382 e. The summed E-state index contributed by atoms with van der Waals surface area (Å²) in [7, 11) is -2.47. The second kappa shape index (κ2) is 14.6. The number of hydrogen-bond donors (Lipinski definition) is 1. The van der Waals surface area contributed by atoms with Crippen molar-refractivity contribution in [2.75, 3.05) is 40.3 Å². The van der Waals surface area contributed by atoms with Gasteiger partial charge in [-0.3, -0.25) is 8.98 Å². The first-order valence-electron chi connectivity index (χ1n) is 12.6. The fourth-order valence-corrected chi connectivity index (χ4v) is 4.73. The summed E-state index contributed by atoms with van der Waals surface area (Å²) in [6.07, 6.45) is 1.38. The third-order valence-electron chi connectivity index (χ3n) is 6.37. The van der Waals surface area contributed by atoms with Crippen LogP contribution in [0.15, 0.2) is 29.2 Å². The van der Waals surface area contributed by atoms with Crippen LogP contribution in [0.25, 0.3) is 0 Å². The molecule has 0 amide bonds. The summed E-state index contributed by atoms with van der Waals surface area (Å²) in [6, 6.07) is 6.30. The van der Waals surface area contributed by atoms with Gasteiger partial charge in [-0.25, -0.2) is 0 Å². The first-order chi connectivity index (χ1) is 17.4. The van der Waals surface area contributed by atoms with Gasteiger partial charge in [-0.1, -0.05) is 24.6 Å². The minimum absolute atomic E-state index is 0.0296. The summed E-state index contributed by atoms with van der Waals surface area (Å²) in [5.74, 6) is -1.50. The number of ether oxygens (including phenoxy) is 5. The van der Waals surface area contributed by atoms with Gasteiger partial charge in [0.1, 0.15) is 19.0 Å². The van der Waals surface area contributed by atoms with Gasteiger partial charge >= 0.3 is 0 Å². The predicted octanol–water partition coefficient (Wildman–Crippen LogP) is 3.33. The van der Waals surface area contributed by atoms with E-state index in [0.29, 0.717) is 19.4 Å². The first kappa shape index (κ1) is 31.8. The van der Waals surface area contributed by atoms with E-state index in [9.17, 15) is 18.3 Å². The van der Waals surface area contributed by atoms with Crippen molar-refractivity contribution in [3.63, 3.8) is 0 Å². The van der Waals surface area contributed by atoms with E-state index in [0.717, 1.165) is 12.0 Å². The second-order valence-corrected chi connectivity index (χ2v) is 11.4. The van der Waals surface area contributed by atoms with Gasteiger partial charge in [0.15, 0.2) is 17.9 Å². The zero-order valence-electron chi connectivity index (χ0n) is 22.6. The van der Waals surface area contributed by atoms with Crippen molar-refractivity contribution >= 4 is 15.9 Å². The van der Waals surface area contributed by atoms with Gasteiger partial charge in [-0.05, 0) is 58.1 Å². The predicted molar refractivity (Wildman–Crippen MR) is 135 cm³/mol. The molecule has 1 aromatic rings. The lowest BCUT2D eigenvalue weighted by molar-refractivity contribution is -0.184. The van der Waals surface area contributed by atoms with Crippen molar-refractivity contribution in [3.05, 3.63) is 29.8 Å². The van der Waals surface area contributed by atoms with Crippen molar-refractivity contribution in [3.8, 4) is 0 Å². The average Bonchev–Trinajstić information content (AvgIpc) is 3.33. The summed E-state index contributed by atoms with van der Waals surface area (Å²) in [4.78, 5) is 12.9. The molecule has 1 aliphatic heterocycles. The Labute approximate surface area is 220 Å². The minimum atomic E-state index is -4.02. The maximum Gasteiger partial charge on any atom is 0.297 e. The molecule has 3 unspecified atom stereocenters. The zero-order chi connectivity index (χ0) is 27.5. The van der Waals surface area contributed by atoms with Crippen molar-refractivity contribution in [2.45, 2.75) is 82.4 Å². The van der Waals surface area contributed by atoms with Crippen molar-refractivity contribution < 1.29 is 46.2 Å². The molecule has 0 bridgehead atoms. The normalized spacial score (nSPS) is 18.9. The highest BCUT2D eigenvalue weighted by molar-refractivity contribution is 7.86. The van der Waals surface area contributed by atoms with Crippen LogP contribution in [0.3, 0.4) is 0 Å². The molecule has 1 aromatic carbocycles. The maximum atomic E-state index is 12.8. The number of hydrogen-bond acceptors (Lipinski definition) is 10. The van der Waals surface area contributed by atoms with Crippen molar-refractivity contribution in [1.29, 1.82) is 0 Å². The van der Waals surface area contributed by atoms with E-state index in [1.165, 1.54) is 19.1 Å². The lowest BCUT2D eigenvalue weighted by atomic mass is 9.89. The van der Waals surface area contributed by atoms with Gasteiger partial charge in [0.25, 0.3) is 10.1 Å². The summed E-state index contributed by atoms with van der Waals surface area (Å²) in [6.45, 7) is 7.92. The number of benzene rings is 1. The molecule has 0 saturated carbocycles. The van der Waals surface area contributed by atoms with E-state index >= 15 is 0 Å². The SMILES string of the molecule is COC(C)OCOCC(C)CCCC(C)(O)C(=O)CCC1(COS(=O)(=O)c2ccc(C)cc2)OCCO1. The van der Waals surface area contributed by atoms with Gasteiger partial charge in [-0.15, -0.1) is 0 Å². The number of Topliss-reactive ketones (excluding diaryl/α,β-unsaturated/α-hetero) is 1. The quantitative estimate of drug-likeness (QED) is 0.166. The molecule has 0 aliphatic carbocycles. The first-order valence-corrected chi connectivity index (χ1v) is 14.0. The van der Waals surface area contributed by atoms with Crippen molar-refractivity contribution in [1.82, 2.24) is 0 Å². The smallest absolute Gasteiger partial charge is 0.297 e. The van der Waals surface area contributed by atoms with E-state index in [1.54, 1.807) is 26.2 Å². The fourth-order valence-electron chi connectivity index (χ4n) is 3.79. The van der Waals surface area contributed by atoms with E-state index in [1.807, 2.05) is 13.8 Å². The molecule has 1 N–H and O–H groups in total. The van der Waals surface area contributed by atoms with Crippen LogP contribution >= 0.6 is 0 Å². The van der Waals surface area contributed by atoms with Crippen molar-refractivity contribution in [2.24, 2.45) is 5.92 Å². The van der Waals surface area contributed by atoms with Crippen LogP contribution < -0.4 is 0 Å². The molecule has 0 spiro atoms. The number of aliphatic hydroxyl groups is 1. The van der Waals surface area contributed by atoms with Crippen LogP contribution in [-0.4, -0.2) is 77.3 Å². The molecule has 11 heteroatoms. The Hall–Kier alpha value is -1.44. The van der Waals surface area contributed by atoms with Gasteiger partial charge in [0.05, 0.1) is 24.7 Å². The Morgan fingerprint density at radius 2 is 1.84 bits per heavy atom. The topological polar surface area (TPSA) is 127 Å². The third kappa shape index (κ3) is 10.7. The van der Waals surface area contributed by atoms with E-state index < -0.39 is 21.5 Å². The van der Waals surface area contributed by atoms with Crippen LogP contribution in [0.4, 0.5) is 0 Å². The largest absolute Gasteiger partial charge is 0.382 e. The Bertz CT molecular complexity index is 923. The Balaban J connectivity index is 1.79. The highest BCUT2D eigenvalue weighted by Crippen LogP contribution is 2.29. The Kier molecular flexibility index (Phi) is 12.6. The number of ketones is 1. The van der Waals surface area contributed by atoms with E-state index in [2.05, 4.69) is 0 Å². The summed E-state index contributed by atoms with van der Waals surface area (Å²) in [5, 5.41) is 10.8. The maximum absolute atomic E-state index is 12.8. The van der Waals surface area contributed by atoms with Gasteiger partial charge in [0, 0.05) is 20.0 Å². The van der Waals surface area contributed by atoms with Crippen LogP contribution in [0, 0.1) is 12.8 Å². The molecule has 0 aromatic heterocycles.